The van der Waals surface area contributed by atoms with Crippen molar-refractivity contribution in [2.75, 3.05) is 0 Å². The summed E-state index contributed by atoms with van der Waals surface area (Å²) in [5.41, 5.74) is 0.856. The highest BCUT2D eigenvalue weighted by Gasteiger charge is 2.35. The van der Waals surface area contributed by atoms with E-state index in [0.717, 1.165) is 28.3 Å². The van der Waals surface area contributed by atoms with E-state index in [0.29, 0.717) is 11.1 Å². The zero-order valence-electron chi connectivity index (χ0n) is 23.6. The second-order valence-corrected chi connectivity index (χ2v) is 16.6. The Hall–Kier alpha value is -3.97. The summed E-state index contributed by atoms with van der Waals surface area (Å²) in [7, 11) is -4.04. The molecule has 0 saturated carbocycles. The summed E-state index contributed by atoms with van der Waals surface area (Å²) in [5, 5.41) is 1.69. The van der Waals surface area contributed by atoms with Crippen molar-refractivity contribution in [3.05, 3.63) is 168 Å². The topological polar surface area (TPSA) is 46.2 Å². The van der Waals surface area contributed by atoms with E-state index in [2.05, 4.69) is 4.72 Å². The van der Waals surface area contributed by atoms with E-state index < -0.39 is 33.5 Å². The zero-order valence-corrected chi connectivity index (χ0v) is 26.2. The zero-order chi connectivity index (χ0) is 31.4. The normalized spacial score (nSPS) is 13.3. The largest absolute Gasteiger partial charge is 0.416 e. The van der Waals surface area contributed by atoms with Crippen LogP contribution in [0.25, 0.3) is 5.70 Å². The van der Waals surface area contributed by atoms with Crippen molar-refractivity contribution in [2.45, 2.75) is 23.7 Å². The minimum Gasteiger partial charge on any atom is -0.279 e. The van der Waals surface area contributed by atoms with Crippen LogP contribution in [0.1, 0.15) is 27.9 Å². The van der Waals surface area contributed by atoms with Gasteiger partial charge >= 0.3 is 6.18 Å². The second-order valence-electron chi connectivity index (χ2n) is 10.3. The molecule has 0 amide bonds. The Kier molecular flexibility index (Phi) is 9.26. The number of benzene rings is 5. The van der Waals surface area contributed by atoms with Crippen molar-refractivity contribution in [3.63, 3.8) is 0 Å². The highest BCUT2D eigenvalue weighted by Crippen LogP contribution is 2.59. The van der Waals surface area contributed by atoms with Crippen LogP contribution in [0.4, 0.5) is 13.2 Å². The lowest BCUT2D eigenvalue weighted by Crippen LogP contribution is -2.25. The fraction of sp³-hybridized carbons (Fsp3) is 0.0857. The first kappa shape index (κ1) is 31.5. The molecule has 0 saturated heterocycles. The molecule has 1 atom stereocenters. The minimum atomic E-state index is -4.51. The Labute approximate surface area is 261 Å². The highest BCUT2D eigenvalue weighted by atomic mass is 32.4. The summed E-state index contributed by atoms with van der Waals surface area (Å²) in [6, 6.07) is 36.5. The lowest BCUT2D eigenvalue weighted by molar-refractivity contribution is -0.137. The lowest BCUT2D eigenvalue weighted by atomic mass is 10.1. The molecule has 0 heterocycles. The molecule has 0 radical (unpaired) electrons. The van der Waals surface area contributed by atoms with Gasteiger partial charge in [-0.15, -0.1) is 0 Å². The van der Waals surface area contributed by atoms with Gasteiger partial charge in [0, 0.05) is 11.7 Å². The van der Waals surface area contributed by atoms with E-state index in [1.54, 1.807) is 42.5 Å². The first-order valence-corrected chi connectivity index (χ1v) is 18.1. The molecule has 0 aliphatic carbocycles. The number of aryl methyl sites for hydroxylation is 1. The molecular formula is C35H29F3NO2PS2. The second kappa shape index (κ2) is 12.9. The number of alkyl halides is 3. The van der Waals surface area contributed by atoms with Gasteiger partial charge in [-0.1, -0.05) is 133 Å². The Morgan fingerprint density at radius 3 is 1.68 bits per heavy atom. The van der Waals surface area contributed by atoms with Gasteiger partial charge in [0.15, 0.2) is 0 Å². The van der Waals surface area contributed by atoms with E-state index in [-0.39, 0.29) is 10.6 Å². The quantitative estimate of drug-likeness (QED) is 0.164. The summed E-state index contributed by atoms with van der Waals surface area (Å²) in [5.74, 6) is 0. The predicted octanol–water partition coefficient (Wildman–Crippen LogP) is 8.21. The number of hydrogen-bond acceptors (Lipinski definition) is 3. The van der Waals surface area contributed by atoms with Crippen LogP contribution < -0.4 is 15.3 Å². The fourth-order valence-electron chi connectivity index (χ4n) is 4.94. The van der Waals surface area contributed by atoms with E-state index >= 15 is 0 Å². The van der Waals surface area contributed by atoms with Crippen LogP contribution in [0.5, 0.6) is 0 Å². The number of rotatable bonds is 9. The van der Waals surface area contributed by atoms with Gasteiger partial charge in [0.1, 0.15) is 0 Å². The summed E-state index contributed by atoms with van der Waals surface area (Å²) in [6.45, 7) is 1.87. The molecule has 0 unspecified atom stereocenters. The number of hydrogen-bond donors (Lipinski definition) is 1. The Morgan fingerprint density at radius 2 is 1.20 bits per heavy atom. The standard InChI is InChI=1S/C35H29F3NO2PS2/c1-26-17-23-32(24-18-26)44(40,41)39-33(27-11-5-2-6-12-27)25-34(28-19-21-29(22-20-28)35(36,37)38)42(43,30-13-7-3-8-14-30)31-15-9-4-10-16-31/h2-25,34,39H,1H3/b33-25-/t34-/m1/s1. The van der Waals surface area contributed by atoms with Crippen molar-refractivity contribution >= 4 is 44.2 Å². The van der Waals surface area contributed by atoms with Gasteiger partial charge < -0.3 is 0 Å². The van der Waals surface area contributed by atoms with Crippen molar-refractivity contribution in [3.8, 4) is 0 Å². The molecule has 5 aromatic carbocycles. The molecule has 5 aromatic rings. The van der Waals surface area contributed by atoms with Gasteiger partial charge in [-0.25, -0.2) is 8.42 Å². The SMILES string of the molecule is Cc1ccc(S(=O)(=O)N/C(=C\[C@H](c2ccc(C(F)(F)F)cc2)P(=S)(c2ccccc2)c2ccccc2)c2ccccc2)cc1. The fourth-order valence-corrected chi connectivity index (χ4v) is 10.4. The molecule has 5 rings (SSSR count). The first-order chi connectivity index (χ1) is 21.0. The third-order valence-corrected chi connectivity index (χ3v) is 13.9. The summed E-state index contributed by atoms with van der Waals surface area (Å²) in [6.07, 6.45) is -2.74. The lowest BCUT2D eigenvalue weighted by Gasteiger charge is -2.32. The Morgan fingerprint density at radius 1 is 0.727 bits per heavy atom. The molecule has 0 aliphatic heterocycles. The van der Waals surface area contributed by atoms with Crippen molar-refractivity contribution < 1.29 is 21.6 Å². The van der Waals surface area contributed by atoms with E-state index in [9.17, 15) is 21.6 Å². The maximum absolute atomic E-state index is 13.7. The van der Waals surface area contributed by atoms with E-state index in [1.165, 1.54) is 24.3 Å². The van der Waals surface area contributed by atoms with Crippen LogP contribution >= 0.6 is 6.04 Å². The van der Waals surface area contributed by atoms with Crippen LogP contribution in [-0.2, 0) is 28.0 Å². The molecule has 1 N–H and O–H groups in total. The monoisotopic (exact) mass is 647 g/mol. The van der Waals surface area contributed by atoms with E-state index in [1.807, 2.05) is 73.7 Å². The average molecular weight is 648 g/mol. The van der Waals surface area contributed by atoms with Gasteiger partial charge in [-0.2, -0.15) is 13.2 Å². The predicted molar refractivity (Wildman–Crippen MR) is 177 cm³/mol. The van der Waals surface area contributed by atoms with Gasteiger partial charge in [-0.3, -0.25) is 4.72 Å². The van der Waals surface area contributed by atoms with Crippen LogP contribution in [0.2, 0.25) is 0 Å². The smallest absolute Gasteiger partial charge is 0.279 e. The van der Waals surface area contributed by atoms with Crippen molar-refractivity contribution in [1.29, 1.82) is 0 Å². The molecule has 44 heavy (non-hydrogen) atoms. The van der Waals surface area contributed by atoms with Crippen LogP contribution in [-0.4, -0.2) is 8.42 Å². The maximum atomic E-state index is 13.7. The van der Waals surface area contributed by atoms with Crippen LogP contribution in [0.15, 0.2) is 150 Å². The number of halogens is 3. The van der Waals surface area contributed by atoms with Gasteiger partial charge in [0.05, 0.1) is 16.2 Å². The summed E-state index contributed by atoms with van der Waals surface area (Å²) < 4.78 is 70.9. The van der Waals surface area contributed by atoms with Gasteiger partial charge in [0.2, 0.25) is 0 Å². The molecule has 9 heteroatoms. The minimum absolute atomic E-state index is 0.0848. The first-order valence-electron chi connectivity index (χ1n) is 13.7. The van der Waals surface area contributed by atoms with Crippen molar-refractivity contribution in [2.24, 2.45) is 0 Å². The Bertz CT molecular complexity index is 1850. The number of nitrogens with one attached hydrogen (secondary N) is 1. The van der Waals surface area contributed by atoms with Gasteiger partial charge in [-0.05, 0) is 59.0 Å². The summed E-state index contributed by atoms with van der Waals surface area (Å²) in [4.78, 5) is 0.0848. The third-order valence-electron chi connectivity index (χ3n) is 7.24. The molecule has 0 bridgehead atoms. The maximum Gasteiger partial charge on any atom is 0.416 e. The average Bonchev–Trinajstić information content (AvgIpc) is 3.04. The molecule has 0 aliphatic rings. The van der Waals surface area contributed by atoms with Crippen LogP contribution in [0, 0.1) is 6.92 Å². The van der Waals surface area contributed by atoms with Crippen LogP contribution in [0.3, 0.4) is 0 Å². The molecule has 0 aromatic heterocycles. The molecule has 0 spiro atoms. The van der Waals surface area contributed by atoms with Crippen molar-refractivity contribution in [1.82, 2.24) is 4.72 Å². The van der Waals surface area contributed by atoms with E-state index in [4.69, 9.17) is 11.8 Å². The molecular weight excluding hydrogens is 618 g/mol. The number of sulfonamides is 1. The summed E-state index contributed by atoms with van der Waals surface area (Å²) >= 11 is 6.63. The molecule has 0 fully saturated rings. The number of allylic oxidation sites excluding steroid dienone is 1. The highest BCUT2D eigenvalue weighted by molar-refractivity contribution is 8.22. The molecule has 3 nitrogen and oxygen atoms in total. The Balaban J connectivity index is 1.78. The third kappa shape index (κ3) is 6.88. The van der Waals surface area contributed by atoms with Gasteiger partial charge in [0.25, 0.3) is 10.0 Å². The molecule has 224 valence electrons.